The van der Waals surface area contributed by atoms with Crippen molar-refractivity contribution in [3.8, 4) is 0 Å². The van der Waals surface area contributed by atoms with E-state index in [4.69, 9.17) is 0 Å². The Balaban J connectivity index is 2.07. The number of carboxylic acid groups (broad SMARTS) is 1. The van der Waals surface area contributed by atoms with Crippen LogP contribution in [0.4, 0.5) is 0 Å². The number of carboxylic acids is 1. The lowest BCUT2D eigenvalue weighted by Gasteiger charge is -2.26. The first-order valence-electron chi connectivity index (χ1n) is 6.13. The molecule has 0 radical (unpaired) electrons. The second kappa shape index (κ2) is 5.77. The van der Waals surface area contributed by atoms with E-state index in [0.29, 0.717) is 6.54 Å². The average Bonchev–Trinajstić information content (AvgIpc) is 2.56. The van der Waals surface area contributed by atoms with Gasteiger partial charge in [0, 0.05) is 18.9 Å². The number of rotatable bonds is 3. The number of carbonyl (C=O) groups is 1. The van der Waals surface area contributed by atoms with E-state index in [9.17, 15) is 9.90 Å². The van der Waals surface area contributed by atoms with Crippen molar-refractivity contribution in [2.75, 3.05) is 6.54 Å². The largest absolute Gasteiger partial charge is 0.480 e. The summed E-state index contributed by atoms with van der Waals surface area (Å²) >= 11 is 0. The van der Waals surface area contributed by atoms with Crippen LogP contribution in [0.15, 0.2) is 24.5 Å². The minimum absolute atomic E-state index is 0.335. The van der Waals surface area contributed by atoms with Gasteiger partial charge in [0.05, 0.1) is 0 Å². The maximum atomic E-state index is 11.3. The van der Waals surface area contributed by atoms with Crippen LogP contribution in [-0.4, -0.2) is 33.5 Å². The summed E-state index contributed by atoms with van der Waals surface area (Å²) in [5.41, 5.74) is 1.08. The number of hydrogen-bond acceptors (Lipinski definition) is 3. The molecule has 1 aliphatic rings. The molecular weight excluding hydrogens is 216 g/mol. The number of hydrogen-bond donors (Lipinski definition) is 1. The van der Waals surface area contributed by atoms with Crippen LogP contribution in [0.1, 0.15) is 31.2 Å². The van der Waals surface area contributed by atoms with Gasteiger partial charge in [-0.05, 0) is 31.0 Å². The molecule has 0 aromatic carbocycles. The van der Waals surface area contributed by atoms with Crippen LogP contribution in [0.25, 0.3) is 0 Å². The van der Waals surface area contributed by atoms with Crippen LogP contribution < -0.4 is 0 Å². The third kappa shape index (κ3) is 3.27. The highest BCUT2D eigenvalue weighted by molar-refractivity contribution is 5.73. The SMILES string of the molecule is O=C(O)C1CCCCCN1Cc1cccnc1. The van der Waals surface area contributed by atoms with E-state index in [-0.39, 0.29) is 6.04 Å². The van der Waals surface area contributed by atoms with Gasteiger partial charge in [-0.2, -0.15) is 0 Å². The van der Waals surface area contributed by atoms with Gasteiger partial charge >= 0.3 is 5.97 Å². The Kier molecular flexibility index (Phi) is 4.09. The van der Waals surface area contributed by atoms with Gasteiger partial charge in [-0.3, -0.25) is 14.7 Å². The quantitative estimate of drug-likeness (QED) is 0.868. The zero-order valence-corrected chi connectivity index (χ0v) is 9.88. The van der Waals surface area contributed by atoms with Gasteiger partial charge in [0.15, 0.2) is 0 Å². The molecule has 1 unspecified atom stereocenters. The van der Waals surface area contributed by atoms with Crippen molar-refractivity contribution in [3.63, 3.8) is 0 Å². The molecule has 1 saturated heterocycles. The molecule has 1 aliphatic heterocycles. The maximum Gasteiger partial charge on any atom is 0.320 e. The van der Waals surface area contributed by atoms with Gasteiger partial charge < -0.3 is 5.11 Å². The molecule has 0 amide bonds. The molecule has 4 nitrogen and oxygen atoms in total. The number of pyridine rings is 1. The molecule has 0 spiro atoms. The van der Waals surface area contributed by atoms with Crippen molar-refractivity contribution in [1.82, 2.24) is 9.88 Å². The standard InChI is InChI=1S/C13H18N2O2/c16-13(17)12-6-2-1-3-8-15(12)10-11-5-4-7-14-9-11/h4-5,7,9,12H,1-3,6,8,10H2,(H,16,17). The Morgan fingerprint density at radius 2 is 2.35 bits per heavy atom. The second-order valence-corrected chi connectivity index (χ2v) is 4.54. The summed E-state index contributed by atoms with van der Waals surface area (Å²) < 4.78 is 0. The number of aromatic nitrogens is 1. The molecule has 92 valence electrons. The fourth-order valence-corrected chi connectivity index (χ4v) is 2.36. The summed E-state index contributed by atoms with van der Waals surface area (Å²) in [5.74, 6) is -0.698. The molecule has 0 saturated carbocycles. The number of likely N-dealkylation sites (tertiary alicyclic amines) is 1. The summed E-state index contributed by atoms with van der Waals surface area (Å²) in [6.07, 6.45) is 7.54. The highest BCUT2D eigenvalue weighted by atomic mass is 16.4. The summed E-state index contributed by atoms with van der Waals surface area (Å²) in [5, 5.41) is 9.25. The van der Waals surface area contributed by atoms with E-state index in [0.717, 1.165) is 37.8 Å². The van der Waals surface area contributed by atoms with E-state index in [1.807, 2.05) is 18.3 Å². The van der Waals surface area contributed by atoms with E-state index in [1.54, 1.807) is 6.20 Å². The zero-order chi connectivity index (χ0) is 12.1. The molecule has 1 N–H and O–H groups in total. The molecule has 0 aliphatic carbocycles. The van der Waals surface area contributed by atoms with Gasteiger partial charge in [-0.25, -0.2) is 0 Å². The summed E-state index contributed by atoms with van der Waals surface area (Å²) in [6.45, 7) is 1.55. The second-order valence-electron chi connectivity index (χ2n) is 4.54. The summed E-state index contributed by atoms with van der Waals surface area (Å²) in [7, 11) is 0. The molecule has 0 bridgehead atoms. The van der Waals surface area contributed by atoms with Crippen LogP contribution in [0.3, 0.4) is 0 Å². The molecule has 1 fully saturated rings. The third-order valence-corrected chi connectivity index (χ3v) is 3.26. The zero-order valence-electron chi connectivity index (χ0n) is 9.88. The van der Waals surface area contributed by atoms with Crippen molar-refractivity contribution in [1.29, 1.82) is 0 Å². The van der Waals surface area contributed by atoms with Gasteiger partial charge in [0.2, 0.25) is 0 Å². The maximum absolute atomic E-state index is 11.3. The van der Waals surface area contributed by atoms with Crippen LogP contribution in [-0.2, 0) is 11.3 Å². The van der Waals surface area contributed by atoms with Gasteiger partial charge in [0.1, 0.15) is 6.04 Å². The van der Waals surface area contributed by atoms with Gasteiger partial charge in [-0.15, -0.1) is 0 Å². The lowest BCUT2D eigenvalue weighted by Crippen LogP contribution is -2.40. The minimum Gasteiger partial charge on any atom is -0.480 e. The first-order chi connectivity index (χ1) is 8.27. The average molecular weight is 234 g/mol. The van der Waals surface area contributed by atoms with E-state index >= 15 is 0 Å². The molecule has 1 aromatic rings. The van der Waals surface area contributed by atoms with E-state index in [2.05, 4.69) is 9.88 Å². The smallest absolute Gasteiger partial charge is 0.320 e. The first-order valence-corrected chi connectivity index (χ1v) is 6.13. The van der Waals surface area contributed by atoms with Gasteiger partial charge in [-0.1, -0.05) is 18.9 Å². The predicted octanol–water partition coefficient (Wildman–Crippen LogP) is 1.91. The molecular formula is C13H18N2O2. The molecule has 1 atom stereocenters. The van der Waals surface area contributed by atoms with Crippen LogP contribution >= 0.6 is 0 Å². The van der Waals surface area contributed by atoms with E-state index < -0.39 is 5.97 Å². The van der Waals surface area contributed by atoms with Crippen molar-refractivity contribution in [2.24, 2.45) is 0 Å². The summed E-state index contributed by atoms with van der Waals surface area (Å²) in [6, 6.07) is 3.55. The third-order valence-electron chi connectivity index (χ3n) is 3.26. The monoisotopic (exact) mass is 234 g/mol. The normalized spacial score (nSPS) is 22.0. The van der Waals surface area contributed by atoms with Gasteiger partial charge in [0.25, 0.3) is 0 Å². The molecule has 2 rings (SSSR count). The van der Waals surface area contributed by atoms with Crippen LogP contribution in [0.5, 0.6) is 0 Å². The fraction of sp³-hybridized carbons (Fsp3) is 0.538. The number of nitrogens with zero attached hydrogens (tertiary/aromatic N) is 2. The number of aliphatic carboxylic acids is 1. The van der Waals surface area contributed by atoms with Crippen molar-refractivity contribution in [3.05, 3.63) is 30.1 Å². The molecule has 1 aromatic heterocycles. The molecule has 17 heavy (non-hydrogen) atoms. The Hall–Kier alpha value is -1.42. The summed E-state index contributed by atoms with van der Waals surface area (Å²) in [4.78, 5) is 17.4. The molecule has 4 heteroatoms. The fourth-order valence-electron chi connectivity index (χ4n) is 2.36. The lowest BCUT2D eigenvalue weighted by atomic mass is 10.1. The highest BCUT2D eigenvalue weighted by Gasteiger charge is 2.26. The Morgan fingerprint density at radius 3 is 3.06 bits per heavy atom. The topological polar surface area (TPSA) is 53.4 Å². The lowest BCUT2D eigenvalue weighted by molar-refractivity contribution is -0.143. The Bertz CT molecular complexity index is 367. The molecule has 2 heterocycles. The van der Waals surface area contributed by atoms with Crippen molar-refractivity contribution >= 4 is 5.97 Å². The Labute approximate surface area is 101 Å². The minimum atomic E-state index is -0.698. The predicted molar refractivity (Wildman–Crippen MR) is 64.5 cm³/mol. The van der Waals surface area contributed by atoms with Crippen LogP contribution in [0, 0.1) is 0 Å². The van der Waals surface area contributed by atoms with Crippen LogP contribution in [0.2, 0.25) is 0 Å². The van der Waals surface area contributed by atoms with Crippen molar-refractivity contribution < 1.29 is 9.90 Å². The Morgan fingerprint density at radius 1 is 1.47 bits per heavy atom. The highest BCUT2D eigenvalue weighted by Crippen LogP contribution is 2.19. The first kappa shape index (κ1) is 12.0. The van der Waals surface area contributed by atoms with E-state index in [1.165, 1.54) is 0 Å². The van der Waals surface area contributed by atoms with Crippen molar-refractivity contribution in [2.45, 2.75) is 38.3 Å².